The monoisotopic (exact) mass is 335 g/mol. The van der Waals surface area contributed by atoms with E-state index in [-0.39, 0.29) is 12.5 Å². The second-order valence-corrected chi connectivity index (χ2v) is 6.34. The number of rotatable bonds is 3. The summed E-state index contributed by atoms with van der Waals surface area (Å²) in [5.41, 5.74) is 1.29. The molecule has 0 aliphatic heterocycles. The summed E-state index contributed by atoms with van der Waals surface area (Å²) < 4.78 is 0. The van der Waals surface area contributed by atoms with E-state index in [9.17, 15) is 9.90 Å². The number of amides is 1. The number of halogens is 2. The molecule has 5 heteroatoms. The van der Waals surface area contributed by atoms with E-state index in [4.69, 9.17) is 23.2 Å². The van der Waals surface area contributed by atoms with E-state index < -0.39 is 5.60 Å². The topological polar surface area (TPSA) is 49.3 Å². The molecule has 22 heavy (non-hydrogen) atoms. The highest BCUT2D eigenvalue weighted by Gasteiger charge is 2.36. The number of aryl methyl sites for hydroxylation is 1. The summed E-state index contributed by atoms with van der Waals surface area (Å²) in [4.78, 5) is 12.3. The van der Waals surface area contributed by atoms with Crippen molar-refractivity contribution < 1.29 is 9.90 Å². The van der Waals surface area contributed by atoms with Crippen LogP contribution in [0.15, 0.2) is 42.5 Å². The summed E-state index contributed by atoms with van der Waals surface area (Å²) in [6.45, 7) is 0.145. The Balaban J connectivity index is 1.76. The van der Waals surface area contributed by atoms with Crippen LogP contribution in [0, 0.1) is 0 Å². The molecule has 3 rings (SSSR count). The molecule has 1 amide bonds. The molecule has 0 saturated carbocycles. The van der Waals surface area contributed by atoms with Gasteiger partial charge in [-0.1, -0.05) is 47.5 Å². The van der Waals surface area contributed by atoms with Crippen LogP contribution in [-0.2, 0) is 12.0 Å². The van der Waals surface area contributed by atoms with Crippen molar-refractivity contribution in [2.24, 2.45) is 0 Å². The van der Waals surface area contributed by atoms with Crippen LogP contribution in [0.2, 0.25) is 10.0 Å². The summed E-state index contributed by atoms with van der Waals surface area (Å²) in [7, 11) is 0. The zero-order chi connectivity index (χ0) is 15.7. The lowest BCUT2D eigenvalue weighted by Crippen LogP contribution is -2.39. The quantitative estimate of drug-likeness (QED) is 0.900. The van der Waals surface area contributed by atoms with Gasteiger partial charge in [-0.25, -0.2) is 0 Å². The van der Waals surface area contributed by atoms with Crippen molar-refractivity contribution in [2.45, 2.75) is 18.4 Å². The molecular formula is C17H15Cl2NO2. The minimum absolute atomic E-state index is 0.145. The molecule has 0 unspecified atom stereocenters. The molecule has 0 spiro atoms. The number of benzene rings is 2. The highest BCUT2D eigenvalue weighted by molar-refractivity contribution is 6.35. The predicted molar refractivity (Wildman–Crippen MR) is 87.5 cm³/mol. The molecule has 1 aliphatic carbocycles. The Kier molecular flexibility index (Phi) is 4.13. The van der Waals surface area contributed by atoms with Gasteiger partial charge < -0.3 is 10.4 Å². The maximum Gasteiger partial charge on any atom is 0.252 e. The highest BCUT2D eigenvalue weighted by Crippen LogP contribution is 2.36. The first-order valence-electron chi connectivity index (χ1n) is 7.04. The van der Waals surface area contributed by atoms with Gasteiger partial charge in [0.15, 0.2) is 0 Å². The molecule has 0 aromatic heterocycles. The molecule has 2 aromatic carbocycles. The van der Waals surface area contributed by atoms with Crippen molar-refractivity contribution in [3.63, 3.8) is 0 Å². The summed E-state index contributed by atoms with van der Waals surface area (Å²) >= 11 is 11.9. The van der Waals surface area contributed by atoms with Crippen molar-refractivity contribution in [3.05, 3.63) is 69.2 Å². The Morgan fingerprint density at radius 1 is 1.23 bits per heavy atom. The van der Waals surface area contributed by atoms with Gasteiger partial charge in [0.1, 0.15) is 5.60 Å². The molecule has 0 bridgehead atoms. The number of hydrogen-bond donors (Lipinski definition) is 2. The van der Waals surface area contributed by atoms with Crippen molar-refractivity contribution in [3.8, 4) is 0 Å². The van der Waals surface area contributed by atoms with Crippen LogP contribution < -0.4 is 5.32 Å². The third-order valence-electron chi connectivity index (χ3n) is 4.04. The zero-order valence-corrected chi connectivity index (χ0v) is 13.3. The zero-order valence-electron chi connectivity index (χ0n) is 11.8. The molecular weight excluding hydrogens is 321 g/mol. The third-order valence-corrected chi connectivity index (χ3v) is 4.61. The highest BCUT2D eigenvalue weighted by atomic mass is 35.5. The van der Waals surface area contributed by atoms with Crippen molar-refractivity contribution in [1.82, 2.24) is 5.32 Å². The van der Waals surface area contributed by atoms with Crippen molar-refractivity contribution >= 4 is 29.1 Å². The van der Waals surface area contributed by atoms with E-state index in [1.807, 2.05) is 24.3 Å². The van der Waals surface area contributed by atoms with Crippen molar-refractivity contribution in [1.29, 1.82) is 0 Å². The first kappa shape index (κ1) is 15.3. The van der Waals surface area contributed by atoms with Crippen LogP contribution in [0.4, 0.5) is 0 Å². The number of nitrogens with one attached hydrogen (secondary N) is 1. The minimum atomic E-state index is -1.03. The first-order chi connectivity index (χ1) is 10.5. The largest absolute Gasteiger partial charge is 0.383 e. The molecule has 0 fully saturated rings. The van der Waals surface area contributed by atoms with Gasteiger partial charge in [0.2, 0.25) is 0 Å². The maximum atomic E-state index is 12.3. The lowest BCUT2D eigenvalue weighted by atomic mass is 9.96. The van der Waals surface area contributed by atoms with Crippen LogP contribution in [-0.4, -0.2) is 17.6 Å². The van der Waals surface area contributed by atoms with Crippen molar-refractivity contribution in [2.75, 3.05) is 6.54 Å². The molecule has 0 radical (unpaired) electrons. The molecule has 2 aromatic rings. The van der Waals surface area contributed by atoms with Crippen LogP contribution in [0.1, 0.15) is 27.9 Å². The maximum absolute atomic E-state index is 12.3. The van der Waals surface area contributed by atoms with Gasteiger partial charge in [0.05, 0.1) is 17.1 Å². The van der Waals surface area contributed by atoms with E-state index in [0.717, 1.165) is 17.5 Å². The Morgan fingerprint density at radius 3 is 2.82 bits per heavy atom. The molecule has 1 aliphatic rings. The second kappa shape index (κ2) is 5.92. The van der Waals surface area contributed by atoms with Gasteiger partial charge in [-0.3, -0.25) is 4.79 Å². The van der Waals surface area contributed by atoms with Crippen LogP contribution in [0.5, 0.6) is 0 Å². The number of aliphatic hydroxyl groups is 1. The summed E-state index contributed by atoms with van der Waals surface area (Å²) in [6, 6.07) is 12.5. The first-order valence-corrected chi connectivity index (χ1v) is 7.79. The fourth-order valence-electron chi connectivity index (χ4n) is 2.85. The van der Waals surface area contributed by atoms with E-state index in [1.165, 1.54) is 6.07 Å². The standard InChI is InChI=1S/C17H15Cl2NO2/c18-12-5-6-15(19)13(9-12)16(21)20-10-17(22)8-7-11-3-1-2-4-14(11)17/h1-6,9,22H,7-8,10H2,(H,20,21)/t17-/m1/s1. The van der Waals surface area contributed by atoms with E-state index in [0.29, 0.717) is 22.0 Å². The summed E-state index contributed by atoms with van der Waals surface area (Å²) in [5.74, 6) is -0.342. The van der Waals surface area contributed by atoms with Crippen LogP contribution in [0.3, 0.4) is 0 Å². The smallest absolute Gasteiger partial charge is 0.252 e. The number of hydrogen-bond acceptors (Lipinski definition) is 2. The lowest BCUT2D eigenvalue weighted by molar-refractivity contribution is 0.0369. The van der Waals surface area contributed by atoms with E-state index >= 15 is 0 Å². The second-order valence-electron chi connectivity index (χ2n) is 5.50. The van der Waals surface area contributed by atoms with E-state index in [1.54, 1.807) is 12.1 Å². The molecule has 1 atom stereocenters. The van der Waals surface area contributed by atoms with Gasteiger partial charge in [0.25, 0.3) is 5.91 Å². The average molecular weight is 336 g/mol. The molecule has 0 saturated heterocycles. The predicted octanol–water partition coefficient (Wildman–Crippen LogP) is 3.56. The van der Waals surface area contributed by atoms with Crippen LogP contribution in [0.25, 0.3) is 0 Å². The van der Waals surface area contributed by atoms with Gasteiger partial charge in [-0.05, 0) is 42.2 Å². The Morgan fingerprint density at radius 2 is 2.00 bits per heavy atom. The molecule has 3 nitrogen and oxygen atoms in total. The van der Waals surface area contributed by atoms with Gasteiger partial charge in [0, 0.05) is 5.02 Å². The molecule has 114 valence electrons. The Hall–Kier alpha value is -1.55. The number of carbonyl (C=O) groups excluding carboxylic acids is 1. The normalized spacial score (nSPS) is 19.8. The summed E-state index contributed by atoms with van der Waals surface area (Å²) in [6.07, 6.45) is 1.40. The van der Waals surface area contributed by atoms with Crippen LogP contribution >= 0.6 is 23.2 Å². The average Bonchev–Trinajstić information content (AvgIpc) is 2.86. The fourth-order valence-corrected chi connectivity index (χ4v) is 3.22. The lowest BCUT2D eigenvalue weighted by Gasteiger charge is -2.24. The van der Waals surface area contributed by atoms with Gasteiger partial charge >= 0.3 is 0 Å². The molecule has 0 heterocycles. The van der Waals surface area contributed by atoms with E-state index in [2.05, 4.69) is 5.32 Å². The SMILES string of the molecule is O=C(NC[C@]1(O)CCc2ccccc21)c1cc(Cl)ccc1Cl. The van der Waals surface area contributed by atoms with Gasteiger partial charge in [-0.2, -0.15) is 0 Å². The Bertz CT molecular complexity index is 732. The number of carbonyl (C=O) groups is 1. The number of fused-ring (bicyclic) bond motifs is 1. The third kappa shape index (κ3) is 2.84. The summed E-state index contributed by atoms with van der Waals surface area (Å²) in [5, 5.41) is 14.3. The molecule has 2 N–H and O–H groups in total. The minimum Gasteiger partial charge on any atom is -0.383 e. The van der Waals surface area contributed by atoms with Gasteiger partial charge in [-0.15, -0.1) is 0 Å². The fraction of sp³-hybridized carbons (Fsp3) is 0.235. The Labute approximate surface area is 138 Å².